The zero-order valence-electron chi connectivity index (χ0n) is 17.4. The van der Waals surface area contributed by atoms with Gasteiger partial charge in [0.15, 0.2) is 0 Å². The summed E-state index contributed by atoms with van der Waals surface area (Å²) in [6.07, 6.45) is 4.79. The summed E-state index contributed by atoms with van der Waals surface area (Å²) in [4.78, 5) is 15.6. The Morgan fingerprint density at radius 1 is 0.839 bits per heavy atom. The van der Waals surface area contributed by atoms with Gasteiger partial charge < -0.3 is 16.4 Å². The molecule has 156 valence electrons. The molecule has 2 aromatic carbocycles. The summed E-state index contributed by atoms with van der Waals surface area (Å²) >= 11 is 0. The minimum atomic E-state index is 0.00858. The number of nitrogens with two attached hydrogens (primary N) is 2. The second kappa shape index (κ2) is 7.87. The molecule has 1 fully saturated rings. The van der Waals surface area contributed by atoms with Crippen molar-refractivity contribution >= 4 is 28.5 Å². The number of hydrogen-bond donors (Lipinski definition) is 2. The van der Waals surface area contributed by atoms with Crippen molar-refractivity contribution in [3.05, 3.63) is 84.1 Å². The first-order valence-corrected chi connectivity index (χ1v) is 10.7. The van der Waals surface area contributed by atoms with Gasteiger partial charge in [-0.1, -0.05) is 48.5 Å². The monoisotopic (exact) mass is 410 g/mol. The predicted octanol–water partition coefficient (Wildman–Crippen LogP) is 3.97. The molecule has 1 aliphatic heterocycles. The van der Waals surface area contributed by atoms with E-state index in [1.54, 1.807) is 0 Å². The van der Waals surface area contributed by atoms with Gasteiger partial charge in [0.05, 0.1) is 5.52 Å². The molecule has 2 aromatic heterocycles. The number of nitrogen functional groups attached to an aromatic ring is 2. The van der Waals surface area contributed by atoms with Crippen molar-refractivity contribution in [3.8, 4) is 0 Å². The number of nitrogens with zero attached hydrogens (tertiary/aromatic N) is 4. The maximum absolute atomic E-state index is 6.30. The Morgan fingerprint density at radius 3 is 2.35 bits per heavy atom. The van der Waals surface area contributed by atoms with Crippen LogP contribution in [0.25, 0.3) is 10.9 Å². The standard InChI is InChI=1S/C25H26N6/c26-23-22-18(7-6-10-20(22)29-24(27)30-23)17-25(19-8-2-1-3-9-19)12-15-31(16-13-25)21-11-4-5-14-28-21/h1-11,14H,12-13,15-17H2,(H4,26,27,29,30). The molecule has 0 radical (unpaired) electrons. The van der Waals surface area contributed by atoms with Crippen LogP contribution >= 0.6 is 0 Å². The molecule has 0 spiro atoms. The van der Waals surface area contributed by atoms with E-state index in [0.29, 0.717) is 5.82 Å². The highest BCUT2D eigenvalue weighted by atomic mass is 15.2. The molecule has 3 heterocycles. The normalized spacial score (nSPS) is 15.8. The van der Waals surface area contributed by atoms with Crippen LogP contribution in [0.1, 0.15) is 24.0 Å². The lowest BCUT2D eigenvalue weighted by Gasteiger charge is -2.43. The number of benzene rings is 2. The van der Waals surface area contributed by atoms with Crippen LogP contribution in [0.3, 0.4) is 0 Å². The van der Waals surface area contributed by atoms with Gasteiger partial charge in [-0.2, -0.15) is 4.98 Å². The fraction of sp³-hybridized carbons (Fsp3) is 0.240. The molecule has 6 heteroatoms. The van der Waals surface area contributed by atoms with E-state index in [-0.39, 0.29) is 11.4 Å². The van der Waals surface area contributed by atoms with Crippen molar-refractivity contribution < 1.29 is 0 Å². The van der Waals surface area contributed by atoms with Crippen LogP contribution in [0.5, 0.6) is 0 Å². The first-order valence-electron chi connectivity index (χ1n) is 10.7. The largest absolute Gasteiger partial charge is 0.383 e. The maximum Gasteiger partial charge on any atom is 0.222 e. The van der Waals surface area contributed by atoms with Crippen molar-refractivity contribution in [2.24, 2.45) is 0 Å². The molecular weight excluding hydrogens is 384 g/mol. The van der Waals surface area contributed by atoms with Gasteiger partial charge in [0.2, 0.25) is 5.95 Å². The van der Waals surface area contributed by atoms with E-state index < -0.39 is 0 Å². The summed E-state index contributed by atoms with van der Waals surface area (Å²) in [5, 5.41) is 0.916. The van der Waals surface area contributed by atoms with Crippen molar-refractivity contribution in [1.82, 2.24) is 15.0 Å². The summed E-state index contributed by atoms with van der Waals surface area (Å²) in [6, 6.07) is 23.1. The van der Waals surface area contributed by atoms with Crippen LogP contribution in [0.2, 0.25) is 0 Å². The summed E-state index contributed by atoms with van der Waals surface area (Å²) in [7, 11) is 0. The highest BCUT2D eigenvalue weighted by molar-refractivity contribution is 5.92. The molecule has 1 saturated heterocycles. The van der Waals surface area contributed by atoms with E-state index in [1.807, 2.05) is 30.5 Å². The average molecular weight is 411 g/mol. The van der Waals surface area contributed by atoms with E-state index in [9.17, 15) is 0 Å². The van der Waals surface area contributed by atoms with Crippen LogP contribution in [-0.4, -0.2) is 28.0 Å². The Morgan fingerprint density at radius 2 is 1.61 bits per heavy atom. The molecule has 0 atom stereocenters. The Bertz CT molecular complexity index is 1180. The van der Waals surface area contributed by atoms with Gasteiger partial charge in [0.1, 0.15) is 11.6 Å². The minimum Gasteiger partial charge on any atom is -0.383 e. The highest BCUT2D eigenvalue weighted by Crippen LogP contribution is 2.41. The first kappa shape index (κ1) is 19.3. The Hall–Kier alpha value is -3.67. The molecule has 4 aromatic rings. The van der Waals surface area contributed by atoms with E-state index in [0.717, 1.165) is 49.1 Å². The van der Waals surface area contributed by atoms with Gasteiger partial charge in [0, 0.05) is 30.1 Å². The third-order valence-electron chi connectivity index (χ3n) is 6.46. The second-order valence-corrected chi connectivity index (χ2v) is 8.28. The summed E-state index contributed by atoms with van der Waals surface area (Å²) in [5.41, 5.74) is 15.5. The lowest BCUT2D eigenvalue weighted by Crippen LogP contribution is -2.44. The van der Waals surface area contributed by atoms with Crippen LogP contribution in [-0.2, 0) is 11.8 Å². The van der Waals surface area contributed by atoms with Crippen molar-refractivity contribution in [2.75, 3.05) is 29.5 Å². The number of pyridine rings is 1. The van der Waals surface area contributed by atoms with E-state index in [2.05, 4.69) is 62.3 Å². The van der Waals surface area contributed by atoms with Crippen LogP contribution < -0.4 is 16.4 Å². The summed E-state index contributed by atoms with van der Waals surface area (Å²) in [5.74, 6) is 1.71. The van der Waals surface area contributed by atoms with Gasteiger partial charge in [-0.25, -0.2) is 9.97 Å². The predicted molar refractivity (Wildman–Crippen MR) is 126 cm³/mol. The summed E-state index contributed by atoms with van der Waals surface area (Å²) in [6.45, 7) is 1.91. The van der Waals surface area contributed by atoms with Gasteiger partial charge in [-0.3, -0.25) is 0 Å². The fourth-order valence-electron chi connectivity index (χ4n) is 4.88. The molecule has 0 amide bonds. The van der Waals surface area contributed by atoms with E-state index >= 15 is 0 Å². The van der Waals surface area contributed by atoms with Gasteiger partial charge in [-0.15, -0.1) is 0 Å². The lowest BCUT2D eigenvalue weighted by molar-refractivity contribution is 0.328. The number of aromatic nitrogens is 3. The molecule has 31 heavy (non-hydrogen) atoms. The van der Waals surface area contributed by atoms with Crippen molar-refractivity contribution in [1.29, 1.82) is 0 Å². The molecular formula is C25H26N6. The van der Waals surface area contributed by atoms with Crippen LogP contribution in [0.4, 0.5) is 17.6 Å². The SMILES string of the molecule is Nc1nc(N)c2c(CC3(c4ccccc4)CCN(c4ccccn4)CC3)cccc2n1. The molecule has 0 saturated carbocycles. The lowest BCUT2D eigenvalue weighted by atomic mass is 9.68. The number of anilines is 3. The smallest absolute Gasteiger partial charge is 0.222 e. The number of rotatable bonds is 4. The Kier molecular flexibility index (Phi) is 4.90. The molecule has 1 aliphatic rings. The molecule has 0 unspecified atom stereocenters. The topological polar surface area (TPSA) is 93.9 Å². The molecule has 4 N–H and O–H groups in total. The van der Waals surface area contributed by atoms with Crippen molar-refractivity contribution in [2.45, 2.75) is 24.7 Å². The highest BCUT2D eigenvalue weighted by Gasteiger charge is 2.37. The molecule has 5 rings (SSSR count). The third-order valence-corrected chi connectivity index (χ3v) is 6.46. The fourth-order valence-corrected chi connectivity index (χ4v) is 4.88. The summed E-state index contributed by atoms with van der Waals surface area (Å²) < 4.78 is 0. The van der Waals surface area contributed by atoms with E-state index in [4.69, 9.17) is 11.5 Å². The van der Waals surface area contributed by atoms with Gasteiger partial charge in [0.25, 0.3) is 0 Å². The average Bonchev–Trinajstić information content (AvgIpc) is 2.80. The molecule has 0 aliphatic carbocycles. The zero-order chi connectivity index (χ0) is 21.3. The van der Waals surface area contributed by atoms with Gasteiger partial charge >= 0.3 is 0 Å². The quantitative estimate of drug-likeness (QED) is 0.529. The number of piperidine rings is 1. The van der Waals surface area contributed by atoms with Crippen LogP contribution in [0, 0.1) is 0 Å². The molecule has 6 nitrogen and oxygen atoms in total. The second-order valence-electron chi connectivity index (χ2n) is 8.28. The maximum atomic E-state index is 6.30. The van der Waals surface area contributed by atoms with E-state index in [1.165, 1.54) is 11.1 Å². The zero-order valence-corrected chi connectivity index (χ0v) is 17.4. The van der Waals surface area contributed by atoms with Gasteiger partial charge in [-0.05, 0) is 48.6 Å². The number of hydrogen-bond acceptors (Lipinski definition) is 6. The first-order chi connectivity index (χ1) is 15.1. The minimum absolute atomic E-state index is 0.00858. The Labute approximate surface area is 182 Å². The third kappa shape index (κ3) is 3.65. The Balaban J connectivity index is 1.53. The molecule has 0 bridgehead atoms. The van der Waals surface area contributed by atoms with Crippen molar-refractivity contribution in [3.63, 3.8) is 0 Å². The van der Waals surface area contributed by atoms with Crippen LogP contribution in [0.15, 0.2) is 72.9 Å². The number of fused-ring (bicyclic) bond motifs is 1.